The van der Waals surface area contributed by atoms with Gasteiger partial charge in [-0.3, -0.25) is 38.9 Å². The molecular formula is C24H33NO13. The van der Waals surface area contributed by atoms with Crippen LogP contribution < -0.4 is 0 Å². The lowest BCUT2D eigenvalue weighted by molar-refractivity contribution is -0.573. The van der Waals surface area contributed by atoms with Crippen LogP contribution in [0.1, 0.15) is 66.7 Å². The first-order valence-corrected chi connectivity index (χ1v) is 11.8. The normalized spacial score (nSPS) is 19.9. The maximum absolute atomic E-state index is 12.1. The molecule has 0 N–H and O–H groups in total. The molecule has 5 atom stereocenters. The molecular weight excluding hydrogens is 510 g/mol. The molecule has 0 bridgehead atoms. The molecule has 0 amide bonds. The van der Waals surface area contributed by atoms with Gasteiger partial charge in [-0.2, -0.15) is 0 Å². The molecule has 0 spiro atoms. The van der Waals surface area contributed by atoms with Gasteiger partial charge in [-0.15, -0.1) is 0 Å². The quantitative estimate of drug-likeness (QED) is 0.100. The van der Waals surface area contributed by atoms with Gasteiger partial charge in [0.05, 0.1) is 0 Å². The van der Waals surface area contributed by atoms with Crippen molar-refractivity contribution in [2.24, 2.45) is 0 Å². The van der Waals surface area contributed by atoms with Crippen molar-refractivity contribution in [3.63, 3.8) is 0 Å². The average molecular weight is 544 g/mol. The standard InChI is InChI=1S/C24H33NO13/c1-14(27)34-13-21(36-16(3)29)23(38-18(5)31)22(37-17(4)30)20(35-15(2)28)8-10-24(25(32)33)9-6-7-19(11-24)12-26/h7,12,20-23H,6,8-11,13H2,1-5H3/t20-,21-,22-,23-,24-/m1/s1. The molecule has 0 unspecified atom stereocenters. The third kappa shape index (κ3) is 10.3. The number of hydrogen-bond donors (Lipinski definition) is 0. The van der Waals surface area contributed by atoms with Crippen LogP contribution in [0.2, 0.25) is 0 Å². The highest BCUT2D eigenvalue weighted by Gasteiger charge is 2.48. The minimum atomic E-state index is -1.63. The highest BCUT2D eigenvalue weighted by molar-refractivity contribution is 5.73. The van der Waals surface area contributed by atoms with Gasteiger partial charge in [-0.05, 0) is 18.4 Å². The maximum Gasteiger partial charge on any atom is 0.303 e. The number of carbonyl (C=O) groups is 6. The van der Waals surface area contributed by atoms with E-state index in [9.17, 15) is 38.9 Å². The number of hydrogen-bond acceptors (Lipinski definition) is 13. The van der Waals surface area contributed by atoms with Crippen LogP contribution in [0.25, 0.3) is 0 Å². The summed E-state index contributed by atoms with van der Waals surface area (Å²) in [6.45, 7) is 4.61. The number of aldehydes is 1. The molecule has 1 rings (SSSR count). The summed E-state index contributed by atoms with van der Waals surface area (Å²) >= 11 is 0. The second-order valence-electron chi connectivity index (χ2n) is 8.88. The Labute approximate surface area is 219 Å². The van der Waals surface area contributed by atoms with Crippen LogP contribution in [-0.2, 0) is 52.5 Å². The van der Waals surface area contributed by atoms with Gasteiger partial charge in [-0.25, -0.2) is 0 Å². The van der Waals surface area contributed by atoms with Crippen molar-refractivity contribution in [3.8, 4) is 0 Å². The Morgan fingerprint density at radius 3 is 1.84 bits per heavy atom. The van der Waals surface area contributed by atoms with Crippen LogP contribution in [0.15, 0.2) is 11.6 Å². The first-order valence-electron chi connectivity index (χ1n) is 11.8. The van der Waals surface area contributed by atoms with Crippen LogP contribution in [0.5, 0.6) is 0 Å². The zero-order chi connectivity index (χ0) is 29.0. The summed E-state index contributed by atoms with van der Waals surface area (Å²) in [5.74, 6) is -4.25. The molecule has 0 radical (unpaired) electrons. The first-order chi connectivity index (χ1) is 17.7. The van der Waals surface area contributed by atoms with E-state index in [0.29, 0.717) is 6.29 Å². The van der Waals surface area contributed by atoms with Crippen LogP contribution in [0, 0.1) is 10.1 Å². The van der Waals surface area contributed by atoms with Crippen molar-refractivity contribution >= 4 is 36.1 Å². The molecule has 0 aromatic carbocycles. The van der Waals surface area contributed by atoms with Gasteiger partial charge in [0, 0.05) is 58.8 Å². The molecule has 0 aliphatic heterocycles. The summed E-state index contributed by atoms with van der Waals surface area (Å²) in [5.41, 5.74) is -1.32. The van der Waals surface area contributed by atoms with Crippen LogP contribution in [0.4, 0.5) is 0 Å². The van der Waals surface area contributed by atoms with Gasteiger partial charge in [0.2, 0.25) is 5.54 Å². The molecule has 0 saturated carbocycles. The predicted octanol–water partition coefficient (Wildman–Crippen LogP) is 1.38. The topological polar surface area (TPSA) is 192 Å². The van der Waals surface area contributed by atoms with E-state index >= 15 is 0 Å². The first kappa shape index (κ1) is 32.2. The van der Waals surface area contributed by atoms with Crippen molar-refractivity contribution in [1.29, 1.82) is 0 Å². The molecule has 1 aliphatic rings. The fraction of sp³-hybridized carbons (Fsp3) is 0.667. The molecule has 212 valence electrons. The molecule has 0 aromatic rings. The Bertz CT molecular complexity index is 959. The summed E-state index contributed by atoms with van der Waals surface area (Å²) in [6.07, 6.45) is -4.28. The maximum atomic E-state index is 12.1. The van der Waals surface area contributed by atoms with E-state index in [1.54, 1.807) is 6.08 Å². The molecule has 38 heavy (non-hydrogen) atoms. The van der Waals surface area contributed by atoms with Crippen LogP contribution in [-0.4, -0.2) is 77.6 Å². The Balaban J connectivity index is 3.51. The van der Waals surface area contributed by atoms with Crippen molar-refractivity contribution < 1.29 is 57.4 Å². The van der Waals surface area contributed by atoms with E-state index in [4.69, 9.17) is 23.7 Å². The molecule has 0 heterocycles. The van der Waals surface area contributed by atoms with Crippen LogP contribution in [0.3, 0.4) is 0 Å². The lowest BCUT2D eigenvalue weighted by Gasteiger charge is -2.36. The molecule has 1 aliphatic carbocycles. The van der Waals surface area contributed by atoms with Gasteiger partial charge in [0.1, 0.15) is 19.0 Å². The van der Waals surface area contributed by atoms with E-state index in [2.05, 4.69) is 0 Å². The lowest BCUT2D eigenvalue weighted by Crippen LogP contribution is -2.53. The monoisotopic (exact) mass is 543 g/mol. The van der Waals surface area contributed by atoms with E-state index in [0.717, 1.165) is 34.6 Å². The lowest BCUT2D eigenvalue weighted by atomic mass is 9.78. The van der Waals surface area contributed by atoms with E-state index < -0.39 is 71.3 Å². The van der Waals surface area contributed by atoms with Gasteiger partial charge < -0.3 is 23.7 Å². The van der Waals surface area contributed by atoms with Gasteiger partial charge in [0.25, 0.3) is 0 Å². The Kier molecular flexibility index (Phi) is 12.5. The van der Waals surface area contributed by atoms with Gasteiger partial charge >= 0.3 is 29.8 Å². The largest absolute Gasteiger partial charge is 0.462 e. The van der Waals surface area contributed by atoms with Crippen molar-refractivity contribution in [2.45, 2.75) is 96.7 Å². The second kappa shape index (κ2) is 14.8. The zero-order valence-corrected chi connectivity index (χ0v) is 22.0. The number of nitrogens with zero attached hydrogens (tertiary/aromatic N) is 1. The van der Waals surface area contributed by atoms with E-state index in [-0.39, 0.29) is 37.7 Å². The fourth-order valence-corrected chi connectivity index (χ4v) is 4.23. The van der Waals surface area contributed by atoms with Crippen molar-refractivity contribution in [1.82, 2.24) is 0 Å². The zero-order valence-electron chi connectivity index (χ0n) is 22.0. The van der Waals surface area contributed by atoms with Crippen molar-refractivity contribution in [2.75, 3.05) is 6.61 Å². The van der Waals surface area contributed by atoms with Crippen molar-refractivity contribution in [3.05, 3.63) is 21.8 Å². The fourth-order valence-electron chi connectivity index (χ4n) is 4.23. The smallest absolute Gasteiger partial charge is 0.303 e. The van der Waals surface area contributed by atoms with Crippen LogP contribution >= 0.6 is 0 Å². The number of esters is 5. The average Bonchev–Trinajstić information content (AvgIpc) is 2.80. The molecule has 0 fully saturated rings. The number of rotatable bonds is 14. The molecule has 0 aromatic heterocycles. The molecule has 0 saturated heterocycles. The van der Waals surface area contributed by atoms with E-state index in [1.807, 2.05) is 0 Å². The highest BCUT2D eigenvalue weighted by Crippen LogP contribution is 2.36. The summed E-state index contributed by atoms with van der Waals surface area (Å²) in [7, 11) is 0. The third-order valence-corrected chi connectivity index (χ3v) is 5.73. The summed E-state index contributed by atoms with van der Waals surface area (Å²) < 4.78 is 26.1. The Hall–Kier alpha value is -3.84. The second-order valence-corrected chi connectivity index (χ2v) is 8.88. The summed E-state index contributed by atoms with van der Waals surface area (Å²) in [6, 6.07) is 0. The third-order valence-electron chi connectivity index (χ3n) is 5.73. The molecule has 14 heteroatoms. The SMILES string of the molecule is CC(=O)OC[C@@H](OC(C)=O)[C@@H](OC(C)=O)[C@H](OC(C)=O)[C@@H](CC[C@]1([N+](=O)[O-])CCC=C(C=O)C1)OC(C)=O. The van der Waals surface area contributed by atoms with Gasteiger partial charge in [-0.1, -0.05) is 6.08 Å². The number of carbonyl (C=O) groups excluding carboxylic acids is 6. The summed E-state index contributed by atoms with van der Waals surface area (Å²) in [4.78, 5) is 82.1. The number of ether oxygens (including phenoxy) is 5. The minimum Gasteiger partial charge on any atom is -0.462 e. The Morgan fingerprint density at radius 1 is 0.895 bits per heavy atom. The van der Waals surface area contributed by atoms with Gasteiger partial charge in [0.15, 0.2) is 18.3 Å². The summed E-state index contributed by atoms with van der Waals surface area (Å²) in [5, 5.41) is 12.1. The number of nitro groups is 1. The van der Waals surface area contributed by atoms with E-state index in [1.165, 1.54) is 0 Å². The number of allylic oxidation sites excluding steroid dienone is 1. The molecule has 14 nitrogen and oxygen atoms in total. The Morgan fingerprint density at radius 2 is 1.39 bits per heavy atom. The predicted molar refractivity (Wildman–Crippen MR) is 126 cm³/mol. The highest BCUT2D eigenvalue weighted by atomic mass is 16.6. The minimum absolute atomic E-state index is 0.0955.